The smallest absolute Gasteiger partial charge is 0.339 e. The van der Waals surface area contributed by atoms with Crippen molar-refractivity contribution in [2.24, 2.45) is 5.92 Å². The molecule has 0 amide bonds. The number of alkyl halides is 2. The van der Waals surface area contributed by atoms with E-state index in [-0.39, 0.29) is 12.4 Å². The van der Waals surface area contributed by atoms with Gasteiger partial charge in [0, 0.05) is 73.8 Å². The number of aromatic nitrogens is 3. The first kappa shape index (κ1) is 29.5. The van der Waals surface area contributed by atoms with Gasteiger partial charge < -0.3 is 14.9 Å². The molecule has 0 radical (unpaired) electrons. The summed E-state index contributed by atoms with van der Waals surface area (Å²) in [5.74, 6) is 0.471. The summed E-state index contributed by atoms with van der Waals surface area (Å²) in [4.78, 5) is 23.3. The van der Waals surface area contributed by atoms with Crippen molar-refractivity contribution in [2.45, 2.75) is 38.2 Å². The van der Waals surface area contributed by atoms with Crippen LogP contribution in [0.15, 0.2) is 42.7 Å². The number of carboxylic acid groups (broad SMARTS) is 1. The van der Waals surface area contributed by atoms with Crippen molar-refractivity contribution in [1.29, 1.82) is 0 Å². The van der Waals surface area contributed by atoms with Crippen LogP contribution < -0.4 is 9.80 Å². The minimum Gasteiger partial charge on any atom is -0.478 e. The van der Waals surface area contributed by atoms with Crippen molar-refractivity contribution in [3.8, 4) is 11.1 Å². The molecule has 6 rings (SSSR count). The molecule has 2 aliphatic heterocycles. The minimum absolute atomic E-state index is 0. The number of halogens is 4. The van der Waals surface area contributed by atoms with E-state index in [1.54, 1.807) is 0 Å². The highest BCUT2D eigenvalue weighted by atomic mass is 35.5. The minimum atomic E-state index is -2.93. The lowest BCUT2D eigenvalue weighted by Crippen LogP contribution is -2.47. The van der Waals surface area contributed by atoms with Gasteiger partial charge in [-0.1, -0.05) is 17.7 Å². The average molecular weight is 608 g/mol. The topological polar surface area (TPSA) is 77.7 Å². The van der Waals surface area contributed by atoms with Gasteiger partial charge in [-0.15, -0.1) is 12.4 Å². The van der Waals surface area contributed by atoms with E-state index < -0.39 is 29.7 Å². The summed E-state index contributed by atoms with van der Waals surface area (Å²) in [6.45, 7) is 6.42. The second-order valence-corrected chi connectivity index (χ2v) is 11.5. The van der Waals surface area contributed by atoms with Crippen molar-refractivity contribution in [1.82, 2.24) is 19.7 Å². The van der Waals surface area contributed by atoms with Gasteiger partial charge in [-0.3, -0.25) is 9.58 Å². The zero-order chi connectivity index (χ0) is 27.8. The van der Waals surface area contributed by atoms with Crippen LogP contribution in [0.25, 0.3) is 11.1 Å². The standard InChI is InChI=1S/C29H33ClF2N6O2.ClH/c30-21-6-7-23(20-5-8-26(33-15-20)36-12-10-35(11-13-36)17-19-3-4-19)25(14-21)37-9-1-2-22(18-37)38-27(28(31)32)24(16-34-38)29(39)40;/h5-8,14-16,19,22,28H,1-4,9-13,17-18H2,(H,39,40);1H. The highest BCUT2D eigenvalue weighted by Crippen LogP contribution is 2.38. The highest BCUT2D eigenvalue weighted by Gasteiger charge is 2.31. The SMILES string of the molecule is Cl.O=C(O)c1cnn(C2CCCN(c3cc(Cl)ccc3-c3ccc(N4CCN(CC5CC5)CC4)nc3)C2)c1C(F)F. The maximum absolute atomic E-state index is 13.9. The zero-order valence-corrected chi connectivity index (χ0v) is 24.2. The third-order valence-electron chi connectivity index (χ3n) is 8.28. The molecule has 41 heavy (non-hydrogen) atoms. The Bertz CT molecular complexity index is 1360. The first-order chi connectivity index (χ1) is 19.4. The molecule has 4 heterocycles. The maximum atomic E-state index is 13.9. The van der Waals surface area contributed by atoms with Crippen LogP contribution >= 0.6 is 24.0 Å². The molecule has 2 aromatic heterocycles. The first-order valence-electron chi connectivity index (χ1n) is 13.9. The van der Waals surface area contributed by atoms with Gasteiger partial charge in [-0.05, 0) is 55.9 Å². The van der Waals surface area contributed by atoms with Crippen LogP contribution in [0, 0.1) is 5.92 Å². The van der Waals surface area contributed by atoms with E-state index in [1.165, 1.54) is 24.1 Å². The van der Waals surface area contributed by atoms with Crippen LogP contribution in [0.1, 0.15) is 54.2 Å². The van der Waals surface area contributed by atoms with E-state index in [2.05, 4.69) is 31.9 Å². The number of carbonyl (C=O) groups is 1. The van der Waals surface area contributed by atoms with Gasteiger partial charge in [0.2, 0.25) is 0 Å². The van der Waals surface area contributed by atoms with Crippen molar-refractivity contribution in [3.63, 3.8) is 0 Å². The number of hydrogen-bond acceptors (Lipinski definition) is 6. The van der Waals surface area contributed by atoms with Crippen molar-refractivity contribution in [3.05, 3.63) is 59.0 Å². The average Bonchev–Trinajstić information content (AvgIpc) is 3.66. The molecule has 3 aliphatic rings. The monoisotopic (exact) mass is 606 g/mol. The Balaban J connectivity index is 0.00000337. The normalized spacial score (nSPS) is 19.9. The fraction of sp³-hybridized carbons (Fsp3) is 0.483. The second kappa shape index (κ2) is 12.5. The van der Waals surface area contributed by atoms with Gasteiger partial charge in [0.15, 0.2) is 0 Å². The van der Waals surface area contributed by atoms with Crippen LogP contribution in [-0.4, -0.2) is 76.6 Å². The Morgan fingerprint density at radius 1 is 1.02 bits per heavy atom. The number of pyridine rings is 1. The molecule has 12 heteroatoms. The number of piperazine rings is 1. The molecule has 3 aromatic rings. The summed E-state index contributed by atoms with van der Waals surface area (Å²) in [5, 5.41) is 14.0. The quantitative estimate of drug-likeness (QED) is 0.335. The number of carboxylic acids is 1. The molecular formula is C29H34Cl2F2N6O2. The van der Waals surface area contributed by atoms with E-state index >= 15 is 0 Å². The third-order valence-corrected chi connectivity index (χ3v) is 8.52. The molecule has 1 aromatic carbocycles. The second-order valence-electron chi connectivity index (χ2n) is 11.0. The Morgan fingerprint density at radius 2 is 1.80 bits per heavy atom. The molecule has 1 unspecified atom stereocenters. The van der Waals surface area contributed by atoms with Crippen molar-refractivity contribution >= 4 is 41.5 Å². The van der Waals surface area contributed by atoms with Crippen molar-refractivity contribution < 1.29 is 18.7 Å². The molecule has 1 N–H and O–H groups in total. The molecule has 0 spiro atoms. The molecule has 220 valence electrons. The van der Waals surface area contributed by atoms with E-state index in [0.29, 0.717) is 18.0 Å². The molecule has 2 saturated heterocycles. The Labute approximate surface area is 249 Å². The predicted molar refractivity (Wildman–Crippen MR) is 158 cm³/mol. The summed E-state index contributed by atoms with van der Waals surface area (Å²) >= 11 is 6.42. The number of rotatable bonds is 8. The van der Waals surface area contributed by atoms with Crippen molar-refractivity contribution in [2.75, 3.05) is 55.6 Å². The molecule has 1 saturated carbocycles. The third kappa shape index (κ3) is 6.44. The van der Waals surface area contributed by atoms with Gasteiger partial charge in [-0.2, -0.15) is 5.10 Å². The number of benzene rings is 1. The maximum Gasteiger partial charge on any atom is 0.339 e. The fourth-order valence-electron chi connectivity index (χ4n) is 5.99. The molecule has 1 aliphatic carbocycles. The van der Waals surface area contributed by atoms with E-state index in [0.717, 1.165) is 73.9 Å². The molecule has 1 atom stereocenters. The van der Waals surface area contributed by atoms with Gasteiger partial charge in [0.25, 0.3) is 6.43 Å². The lowest BCUT2D eigenvalue weighted by atomic mass is 10.00. The largest absolute Gasteiger partial charge is 0.478 e. The number of piperidine rings is 1. The van der Waals surface area contributed by atoms with Gasteiger partial charge >= 0.3 is 5.97 Å². The van der Waals surface area contributed by atoms with Crippen LogP contribution in [0.2, 0.25) is 5.02 Å². The number of nitrogens with zero attached hydrogens (tertiary/aromatic N) is 6. The number of hydrogen-bond donors (Lipinski definition) is 1. The Kier molecular flexibility index (Phi) is 9.01. The fourth-order valence-corrected chi connectivity index (χ4v) is 6.15. The number of aromatic carboxylic acids is 1. The predicted octanol–water partition coefficient (Wildman–Crippen LogP) is 6.03. The van der Waals surface area contributed by atoms with E-state index in [1.807, 2.05) is 24.4 Å². The summed E-state index contributed by atoms with van der Waals surface area (Å²) in [5.41, 5.74) is 1.80. The summed E-state index contributed by atoms with van der Waals surface area (Å²) in [6, 6.07) is 9.46. The van der Waals surface area contributed by atoms with Gasteiger partial charge in [0.05, 0.1) is 12.2 Å². The number of anilines is 2. The lowest BCUT2D eigenvalue weighted by Gasteiger charge is -2.36. The highest BCUT2D eigenvalue weighted by molar-refractivity contribution is 6.31. The van der Waals surface area contributed by atoms with Crippen LogP contribution in [0.3, 0.4) is 0 Å². The van der Waals surface area contributed by atoms with Gasteiger partial charge in [0.1, 0.15) is 17.1 Å². The molecular weight excluding hydrogens is 573 g/mol. The molecule has 0 bridgehead atoms. The van der Waals surface area contributed by atoms with Crippen LogP contribution in [0.4, 0.5) is 20.3 Å². The summed E-state index contributed by atoms with van der Waals surface area (Å²) in [7, 11) is 0. The molecule has 3 fully saturated rings. The van der Waals surface area contributed by atoms with Crippen LogP contribution in [0.5, 0.6) is 0 Å². The van der Waals surface area contributed by atoms with E-state index in [9.17, 15) is 18.7 Å². The first-order valence-corrected chi connectivity index (χ1v) is 14.3. The summed E-state index contributed by atoms with van der Waals surface area (Å²) in [6.07, 6.45) is 4.09. The molecule has 8 nitrogen and oxygen atoms in total. The zero-order valence-electron chi connectivity index (χ0n) is 22.6. The van der Waals surface area contributed by atoms with Gasteiger partial charge in [-0.25, -0.2) is 18.6 Å². The summed E-state index contributed by atoms with van der Waals surface area (Å²) < 4.78 is 28.9. The lowest BCUT2D eigenvalue weighted by molar-refractivity contribution is 0.0681. The Morgan fingerprint density at radius 3 is 2.46 bits per heavy atom. The van der Waals surface area contributed by atoms with E-state index in [4.69, 9.17) is 16.6 Å². The Hall–Kier alpha value is -2.95. The van der Waals surface area contributed by atoms with Crippen LogP contribution in [-0.2, 0) is 0 Å².